The summed E-state index contributed by atoms with van der Waals surface area (Å²) in [5, 5.41) is 4.87. The summed E-state index contributed by atoms with van der Waals surface area (Å²) in [4.78, 5) is 47.6. The first kappa shape index (κ1) is 21.0. The molecule has 0 heterocycles. The summed E-state index contributed by atoms with van der Waals surface area (Å²) in [5.41, 5.74) is 3.13. The van der Waals surface area contributed by atoms with Crippen LogP contribution in [0.1, 0.15) is 72.9 Å². The first-order valence-corrected chi connectivity index (χ1v) is 10.4. The first-order valence-electron chi connectivity index (χ1n) is 10.4. The van der Waals surface area contributed by atoms with Gasteiger partial charge in [0.15, 0.2) is 12.4 Å². The Morgan fingerprint density at radius 1 is 0.931 bits per heavy atom. The number of ketones is 1. The summed E-state index contributed by atoms with van der Waals surface area (Å²) >= 11 is 0. The maximum Gasteiger partial charge on any atom is 0.321 e. The van der Waals surface area contributed by atoms with Crippen LogP contribution in [0, 0.1) is 0 Å². The summed E-state index contributed by atoms with van der Waals surface area (Å²) < 4.78 is 4.87. The van der Waals surface area contributed by atoms with Gasteiger partial charge < -0.3 is 10.1 Å². The van der Waals surface area contributed by atoms with E-state index in [0.29, 0.717) is 5.56 Å². The van der Waals surface area contributed by atoms with E-state index in [9.17, 15) is 19.2 Å². The number of nitrogens with one attached hydrogen (secondary N) is 2. The molecule has 0 spiro atoms. The Morgan fingerprint density at radius 2 is 1.66 bits per heavy atom. The molecule has 0 unspecified atom stereocenters. The molecule has 2 N–H and O–H groups in total. The van der Waals surface area contributed by atoms with Gasteiger partial charge in [-0.15, -0.1) is 0 Å². The molecule has 3 amide bonds. The summed E-state index contributed by atoms with van der Waals surface area (Å²) in [6.45, 7) is -0.538. The zero-order valence-corrected chi connectivity index (χ0v) is 16.6. The van der Waals surface area contributed by atoms with Crippen molar-refractivity contribution in [3.63, 3.8) is 0 Å². The fraction of sp³-hybridized carbons (Fsp3) is 0.545. The SMILES string of the molecule is O=C(COC(=O)CCC(=O)c1ccc2c(c1)CCCC2)NC(=O)NC1CCCC1. The maximum atomic E-state index is 12.3. The summed E-state index contributed by atoms with van der Waals surface area (Å²) in [6.07, 6.45) is 8.25. The molecule has 0 aromatic heterocycles. The van der Waals surface area contributed by atoms with Crippen LogP contribution >= 0.6 is 0 Å². The number of urea groups is 1. The molecule has 1 aromatic rings. The number of rotatable bonds is 7. The molecule has 3 rings (SSSR count). The Balaban J connectivity index is 1.35. The van der Waals surface area contributed by atoms with Crippen molar-refractivity contribution >= 4 is 23.7 Å². The lowest BCUT2D eigenvalue weighted by molar-refractivity contribution is -0.148. The average molecular weight is 400 g/mol. The Bertz CT molecular complexity index is 783. The topological polar surface area (TPSA) is 102 Å². The van der Waals surface area contributed by atoms with E-state index in [1.165, 1.54) is 17.5 Å². The van der Waals surface area contributed by atoms with Crippen molar-refractivity contribution in [3.05, 3.63) is 34.9 Å². The highest BCUT2D eigenvalue weighted by Crippen LogP contribution is 2.23. The van der Waals surface area contributed by atoms with Crippen molar-refractivity contribution in [2.45, 2.75) is 70.3 Å². The molecule has 0 radical (unpaired) electrons. The van der Waals surface area contributed by atoms with Gasteiger partial charge in [0.2, 0.25) is 0 Å². The van der Waals surface area contributed by atoms with Gasteiger partial charge >= 0.3 is 12.0 Å². The van der Waals surface area contributed by atoms with Crippen LogP contribution in [-0.4, -0.2) is 36.3 Å². The molecule has 2 aliphatic rings. The van der Waals surface area contributed by atoms with Gasteiger partial charge in [0, 0.05) is 18.0 Å². The maximum absolute atomic E-state index is 12.3. The van der Waals surface area contributed by atoms with Gasteiger partial charge in [0.1, 0.15) is 0 Å². The third kappa shape index (κ3) is 6.41. The van der Waals surface area contributed by atoms with E-state index >= 15 is 0 Å². The number of aryl methyl sites for hydroxylation is 2. The fourth-order valence-electron chi connectivity index (χ4n) is 3.94. The third-order valence-corrected chi connectivity index (χ3v) is 5.53. The van der Waals surface area contributed by atoms with Crippen molar-refractivity contribution < 1.29 is 23.9 Å². The highest BCUT2D eigenvalue weighted by Gasteiger charge is 2.19. The molecule has 1 saturated carbocycles. The number of hydrogen-bond acceptors (Lipinski definition) is 5. The van der Waals surface area contributed by atoms with E-state index in [0.717, 1.165) is 44.9 Å². The molecule has 0 aliphatic heterocycles. The van der Waals surface area contributed by atoms with Gasteiger partial charge in [-0.1, -0.05) is 25.0 Å². The van der Waals surface area contributed by atoms with Crippen molar-refractivity contribution in [2.24, 2.45) is 0 Å². The molecule has 0 saturated heterocycles. The molecule has 0 bridgehead atoms. The predicted octanol–water partition coefficient (Wildman–Crippen LogP) is 2.84. The summed E-state index contributed by atoms with van der Waals surface area (Å²) in [7, 11) is 0. The zero-order valence-electron chi connectivity index (χ0n) is 16.6. The van der Waals surface area contributed by atoms with Gasteiger partial charge in [-0.3, -0.25) is 19.7 Å². The van der Waals surface area contributed by atoms with Crippen molar-refractivity contribution in [3.8, 4) is 0 Å². The number of carbonyl (C=O) groups excluding carboxylic acids is 4. The monoisotopic (exact) mass is 400 g/mol. The van der Waals surface area contributed by atoms with Crippen LogP contribution in [0.2, 0.25) is 0 Å². The summed E-state index contributed by atoms with van der Waals surface area (Å²) in [6, 6.07) is 5.27. The number of imide groups is 1. The molecule has 7 nitrogen and oxygen atoms in total. The van der Waals surface area contributed by atoms with Crippen LogP contribution in [0.4, 0.5) is 4.79 Å². The Morgan fingerprint density at radius 3 is 2.41 bits per heavy atom. The van der Waals surface area contributed by atoms with Crippen LogP contribution < -0.4 is 10.6 Å². The third-order valence-electron chi connectivity index (χ3n) is 5.53. The van der Waals surface area contributed by atoms with E-state index in [1.807, 2.05) is 18.2 Å². The van der Waals surface area contributed by atoms with Crippen molar-refractivity contribution in [1.29, 1.82) is 0 Å². The van der Waals surface area contributed by atoms with E-state index in [4.69, 9.17) is 4.74 Å². The Labute approximate surface area is 170 Å². The second kappa shape index (κ2) is 10.2. The molecular formula is C22H28N2O5. The lowest BCUT2D eigenvalue weighted by atomic mass is 9.89. The number of carbonyl (C=O) groups is 4. The number of amides is 3. The molecule has 0 atom stereocenters. The number of fused-ring (bicyclic) bond motifs is 1. The number of ether oxygens (including phenoxy) is 1. The van der Waals surface area contributed by atoms with Gasteiger partial charge in [0.25, 0.3) is 5.91 Å². The minimum atomic E-state index is -0.685. The molecule has 2 aliphatic carbocycles. The van der Waals surface area contributed by atoms with Crippen LogP contribution in [0.5, 0.6) is 0 Å². The number of hydrogen-bond donors (Lipinski definition) is 2. The highest BCUT2D eigenvalue weighted by molar-refractivity contribution is 5.98. The second-order valence-corrected chi connectivity index (χ2v) is 7.78. The van der Waals surface area contributed by atoms with Crippen LogP contribution in [-0.2, 0) is 27.2 Å². The number of esters is 1. The minimum absolute atomic E-state index is 0.0292. The van der Waals surface area contributed by atoms with Crippen molar-refractivity contribution in [1.82, 2.24) is 10.6 Å². The van der Waals surface area contributed by atoms with Crippen molar-refractivity contribution in [2.75, 3.05) is 6.61 Å². The van der Waals surface area contributed by atoms with E-state index in [2.05, 4.69) is 10.6 Å². The lowest BCUT2D eigenvalue weighted by Crippen LogP contribution is -2.45. The van der Waals surface area contributed by atoms with Crippen LogP contribution in [0.25, 0.3) is 0 Å². The summed E-state index contributed by atoms with van der Waals surface area (Å²) in [5.74, 6) is -1.44. The number of Topliss-reactive ketones (excluding diaryl/α,β-unsaturated/α-hetero) is 1. The quantitative estimate of drug-likeness (QED) is 0.541. The molecule has 1 fully saturated rings. The second-order valence-electron chi connectivity index (χ2n) is 7.78. The minimum Gasteiger partial charge on any atom is -0.456 e. The smallest absolute Gasteiger partial charge is 0.321 e. The molecule has 1 aromatic carbocycles. The Kier molecular flexibility index (Phi) is 7.38. The molecule has 29 heavy (non-hydrogen) atoms. The Hall–Kier alpha value is -2.70. The van der Waals surface area contributed by atoms with Gasteiger partial charge in [-0.25, -0.2) is 4.79 Å². The van der Waals surface area contributed by atoms with Crippen LogP contribution in [0.15, 0.2) is 18.2 Å². The van der Waals surface area contributed by atoms with E-state index in [-0.39, 0.29) is 24.7 Å². The van der Waals surface area contributed by atoms with E-state index in [1.54, 1.807) is 0 Å². The zero-order chi connectivity index (χ0) is 20.6. The lowest BCUT2D eigenvalue weighted by Gasteiger charge is -2.16. The van der Waals surface area contributed by atoms with Crippen LogP contribution in [0.3, 0.4) is 0 Å². The van der Waals surface area contributed by atoms with Gasteiger partial charge in [-0.2, -0.15) is 0 Å². The molecule has 7 heteroatoms. The molecule has 156 valence electrons. The molecular weight excluding hydrogens is 372 g/mol. The normalized spacial score (nSPS) is 16.0. The first-order chi connectivity index (χ1) is 14.0. The highest BCUT2D eigenvalue weighted by atomic mass is 16.5. The van der Waals surface area contributed by atoms with Gasteiger partial charge in [-0.05, 0) is 55.7 Å². The predicted molar refractivity (Wildman–Crippen MR) is 107 cm³/mol. The number of benzene rings is 1. The largest absolute Gasteiger partial charge is 0.456 e. The van der Waals surface area contributed by atoms with E-state index < -0.39 is 24.5 Å². The average Bonchev–Trinajstić information content (AvgIpc) is 3.22. The standard InChI is InChI=1S/C22H28N2O5/c25-19(17-10-9-15-5-1-2-6-16(15)13-17)11-12-21(27)29-14-20(26)24-22(28)23-18-7-3-4-8-18/h9-10,13,18H,1-8,11-12,14H2,(H2,23,24,26,28). The fourth-order valence-corrected chi connectivity index (χ4v) is 3.94. The van der Waals surface area contributed by atoms with Gasteiger partial charge in [0.05, 0.1) is 6.42 Å².